The molecule has 0 spiro atoms. The van der Waals surface area contributed by atoms with Crippen LogP contribution in [0.4, 0.5) is 0 Å². The lowest BCUT2D eigenvalue weighted by Gasteiger charge is -1.99. The van der Waals surface area contributed by atoms with Crippen LogP contribution in [0.1, 0.15) is 10.4 Å². The fraction of sp³-hybridized carbons (Fsp3) is 0. The molecule has 0 saturated heterocycles. The molecular formula is C10H7NO3. The molecule has 0 aliphatic carbocycles. The number of aromatic carboxylic acids is 1. The van der Waals surface area contributed by atoms with E-state index in [2.05, 4.69) is 4.98 Å². The summed E-state index contributed by atoms with van der Waals surface area (Å²) in [5.41, 5.74) is -0.343. The van der Waals surface area contributed by atoms with E-state index in [-0.39, 0.29) is 16.5 Å². The zero-order chi connectivity index (χ0) is 10.1. The van der Waals surface area contributed by atoms with E-state index < -0.39 is 5.97 Å². The summed E-state index contributed by atoms with van der Waals surface area (Å²) < 4.78 is 0. The van der Waals surface area contributed by atoms with Crippen molar-refractivity contribution >= 4 is 16.7 Å². The molecule has 0 aliphatic heterocycles. The molecule has 4 nitrogen and oxygen atoms in total. The highest BCUT2D eigenvalue weighted by atomic mass is 16.4. The van der Waals surface area contributed by atoms with E-state index in [0.29, 0.717) is 5.39 Å². The smallest absolute Gasteiger partial charge is 0.336 e. The fourth-order valence-electron chi connectivity index (χ4n) is 1.42. The van der Waals surface area contributed by atoms with E-state index in [1.165, 1.54) is 12.3 Å². The van der Waals surface area contributed by atoms with Crippen molar-refractivity contribution in [3.05, 3.63) is 46.4 Å². The van der Waals surface area contributed by atoms with Crippen LogP contribution in [0.2, 0.25) is 0 Å². The van der Waals surface area contributed by atoms with Gasteiger partial charge in [0, 0.05) is 6.20 Å². The Kier molecular flexibility index (Phi) is 1.81. The van der Waals surface area contributed by atoms with Gasteiger partial charge in [-0.15, -0.1) is 0 Å². The molecule has 14 heavy (non-hydrogen) atoms. The number of nitrogens with one attached hydrogen (secondary N) is 1. The number of rotatable bonds is 1. The highest BCUT2D eigenvalue weighted by Gasteiger charge is 2.09. The van der Waals surface area contributed by atoms with Crippen LogP contribution in [-0.4, -0.2) is 16.1 Å². The number of benzene rings is 1. The maximum Gasteiger partial charge on any atom is 0.336 e. The molecule has 1 aromatic heterocycles. The lowest BCUT2D eigenvalue weighted by atomic mass is 10.1. The van der Waals surface area contributed by atoms with E-state index in [9.17, 15) is 9.59 Å². The average Bonchev–Trinajstić information content (AvgIpc) is 2.17. The van der Waals surface area contributed by atoms with Gasteiger partial charge in [-0.2, -0.15) is 0 Å². The Morgan fingerprint density at radius 3 is 2.79 bits per heavy atom. The number of carbonyl (C=O) groups is 1. The van der Waals surface area contributed by atoms with Gasteiger partial charge in [0.05, 0.1) is 10.9 Å². The summed E-state index contributed by atoms with van der Waals surface area (Å²) >= 11 is 0. The lowest BCUT2D eigenvalue weighted by Crippen LogP contribution is -2.10. The molecular weight excluding hydrogens is 182 g/mol. The largest absolute Gasteiger partial charge is 0.478 e. The molecule has 0 amide bonds. The van der Waals surface area contributed by atoms with Crippen molar-refractivity contribution in [3.63, 3.8) is 0 Å². The van der Waals surface area contributed by atoms with Crippen molar-refractivity contribution in [2.24, 2.45) is 0 Å². The molecule has 0 unspecified atom stereocenters. The van der Waals surface area contributed by atoms with Gasteiger partial charge in [-0.25, -0.2) is 4.79 Å². The van der Waals surface area contributed by atoms with Crippen LogP contribution in [0, 0.1) is 0 Å². The lowest BCUT2D eigenvalue weighted by molar-refractivity contribution is 0.0699. The third-order valence-corrected chi connectivity index (χ3v) is 2.03. The summed E-state index contributed by atoms with van der Waals surface area (Å²) in [5.74, 6) is -1.09. The Morgan fingerprint density at radius 2 is 2.07 bits per heavy atom. The highest BCUT2D eigenvalue weighted by molar-refractivity contribution is 6.03. The molecule has 70 valence electrons. The number of fused-ring (bicyclic) bond motifs is 1. The standard InChI is InChI=1S/C10H7NO3/c12-9-8-6(4-5-11-9)2-1-3-7(8)10(13)14/h1-5H,(H,11,12)(H,13,14). The van der Waals surface area contributed by atoms with Gasteiger partial charge in [0.2, 0.25) is 0 Å². The van der Waals surface area contributed by atoms with Crippen molar-refractivity contribution in [1.82, 2.24) is 4.98 Å². The number of hydrogen-bond acceptors (Lipinski definition) is 2. The second-order valence-electron chi connectivity index (χ2n) is 2.88. The maximum absolute atomic E-state index is 11.4. The number of aromatic nitrogens is 1. The number of H-pyrrole nitrogens is 1. The van der Waals surface area contributed by atoms with Gasteiger partial charge in [-0.1, -0.05) is 12.1 Å². The number of pyridine rings is 1. The quantitative estimate of drug-likeness (QED) is 0.708. The van der Waals surface area contributed by atoms with Crippen molar-refractivity contribution in [2.75, 3.05) is 0 Å². The molecule has 0 saturated carbocycles. The first-order valence-electron chi connectivity index (χ1n) is 4.04. The molecule has 2 rings (SSSR count). The molecule has 0 aliphatic rings. The molecule has 0 bridgehead atoms. The number of aromatic amines is 1. The Labute approximate surface area is 78.8 Å². The summed E-state index contributed by atoms with van der Waals surface area (Å²) in [6.07, 6.45) is 1.50. The Morgan fingerprint density at radius 1 is 1.29 bits per heavy atom. The van der Waals surface area contributed by atoms with Crippen LogP contribution in [-0.2, 0) is 0 Å². The first-order chi connectivity index (χ1) is 6.70. The van der Waals surface area contributed by atoms with Gasteiger partial charge < -0.3 is 10.1 Å². The van der Waals surface area contributed by atoms with Crippen LogP contribution >= 0.6 is 0 Å². The van der Waals surface area contributed by atoms with Gasteiger partial charge in [0.15, 0.2) is 0 Å². The average molecular weight is 189 g/mol. The molecule has 1 aromatic carbocycles. The minimum atomic E-state index is -1.09. The zero-order valence-corrected chi connectivity index (χ0v) is 7.15. The predicted molar refractivity (Wildman–Crippen MR) is 51.5 cm³/mol. The SMILES string of the molecule is O=C(O)c1cccc2cc[nH]c(=O)c12. The number of carboxylic acids is 1. The molecule has 0 radical (unpaired) electrons. The third kappa shape index (κ3) is 1.17. The van der Waals surface area contributed by atoms with Gasteiger partial charge >= 0.3 is 5.97 Å². The summed E-state index contributed by atoms with van der Waals surface area (Å²) in [6.45, 7) is 0. The number of carboxylic acid groups (broad SMARTS) is 1. The zero-order valence-electron chi connectivity index (χ0n) is 7.15. The van der Waals surface area contributed by atoms with E-state index >= 15 is 0 Å². The Hall–Kier alpha value is -2.10. The molecule has 4 heteroatoms. The molecule has 1 heterocycles. The molecule has 0 fully saturated rings. The Bertz CT molecular complexity index is 551. The topological polar surface area (TPSA) is 70.2 Å². The fourth-order valence-corrected chi connectivity index (χ4v) is 1.42. The van der Waals surface area contributed by atoms with Crippen molar-refractivity contribution in [2.45, 2.75) is 0 Å². The first-order valence-corrected chi connectivity index (χ1v) is 4.04. The molecule has 0 atom stereocenters. The van der Waals surface area contributed by atoms with Crippen LogP contribution in [0.3, 0.4) is 0 Å². The van der Waals surface area contributed by atoms with E-state index in [1.54, 1.807) is 18.2 Å². The monoisotopic (exact) mass is 189 g/mol. The second-order valence-corrected chi connectivity index (χ2v) is 2.88. The summed E-state index contributed by atoms with van der Waals surface area (Å²) in [5, 5.41) is 9.71. The summed E-state index contributed by atoms with van der Waals surface area (Å²) in [7, 11) is 0. The normalized spacial score (nSPS) is 10.3. The van der Waals surface area contributed by atoms with Crippen LogP contribution in [0.25, 0.3) is 10.8 Å². The Balaban J connectivity index is 2.99. The van der Waals surface area contributed by atoms with Crippen molar-refractivity contribution in [1.29, 1.82) is 0 Å². The van der Waals surface area contributed by atoms with E-state index in [4.69, 9.17) is 5.11 Å². The van der Waals surface area contributed by atoms with Crippen LogP contribution in [0.15, 0.2) is 35.3 Å². The van der Waals surface area contributed by atoms with Crippen LogP contribution < -0.4 is 5.56 Å². The minimum Gasteiger partial charge on any atom is -0.478 e. The van der Waals surface area contributed by atoms with Gasteiger partial charge in [-0.3, -0.25) is 4.79 Å². The van der Waals surface area contributed by atoms with Crippen LogP contribution in [0.5, 0.6) is 0 Å². The summed E-state index contributed by atoms with van der Waals surface area (Å²) in [6, 6.07) is 6.41. The van der Waals surface area contributed by atoms with E-state index in [1.807, 2.05) is 0 Å². The predicted octanol–water partition coefficient (Wildman–Crippen LogP) is 1.23. The number of hydrogen-bond donors (Lipinski definition) is 2. The van der Waals surface area contributed by atoms with Crippen molar-refractivity contribution < 1.29 is 9.90 Å². The molecule has 2 N–H and O–H groups in total. The molecule has 2 aromatic rings. The third-order valence-electron chi connectivity index (χ3n) is 2.03. The first kappa shape index (κ1) is 8.50. The maximum atomic E-state index is 11.4. The second kappa shape index (κ2) is 2.99. The van der Waals surface area contributed by atoms with Gasteiger partial charge in [-0.05, 0) is 17.5 Å². The summed E-state index contributed by atoms with van der Waals surface area (Å²) in [4.78, 5) is 24.7. The highest BCUT2D eigenvalue weighted by Crippen LogP contribution is 2.13. The minimum absolute atomic E-state index is 0.0318. The van der Waals surface area contributed by atoms with E-state index in [0.717, 1.165) is 0 Å². The van der Waals surface area contributed by atoms with Crippen molar-refractivity contribution in [3.8, 4) is 0 Å². The van der Waals surface area contributed by atoms with Gasteiger partial charge in [0.1, 0.15) is 0 Å². The van der Waals surface area contributed by atoms with Gasteiger partial charge in [0.25, 0.3) is 5.56 Å².